The Morgan fingerprint density at radius 3 is 2.29 bits per heavy atom. The lowest BCUT2D eigenvalue weighted by Crippen LogP contribution is -2.57. The van der Waals surface area contributed by atoms with Gasteiger partial charge in [-0.2, -0.15) is 0 Å². The molecule has 6 rings (SSSR count). The Hall–Kier alpha value is -5.61. The number of piperazine rings is 1. The third-order valence-electron chi connectivity index (χ3n) is 10.7. The number of rotatable bonds is 9. The van der Waals surface area contributed by atoms with E-state index in [1.165, 1.54) is 11.8 Å². The number of thiazole rings is 1. The fourth-order valence-corrected chi connectivity index (χ4v) is 8.30. The summed E-state index contributed by atoms with van der Waals surface area (Å²) in [6.45, 7) is 17.3. The first kappa shape index (κ1) is 44.5. The van der Waals surface area contributed by atoms with Gasteiger partial charge in [-0.05, 0) is 66.6 Å². The normalized spacial score (nSPS) is 17.7. The number of carbonyl (C=O) groups excluding carboxylic acids is 4. The average Bonchev–Trinajstić information content (AvgIpc) is 3.81. The van der Waals surface area contributed by atoms with E-state index in [1.807, 2.05) is 69.3 Å². The number of hydrogen-bond donors (Lipinski definition) is 5. The highest BCUT2D eigenvalue weighted by atomic mass is 32.1. The highest BCUT2D eigenvalue weighted by Crippen LogP contribution is 2.33. The van der Waals surface area contributed by atoms with Gasteiger partial charge in [0.05, 0.1) is 39.6 Å². The van der Waals surface area contributed by atoms with Crippen molar-refractivity contribution in [2.24, 2.45) is 5.41 Å². The van der Waals surface area contributed by atoms with Gasteiger partial charge in [-0.25, -0.2) is 4.98 Å². The van der Waals surface area contributed by atoms with Gasteiger partial charge in [-0.15, -0.1) is 21.5 Å². The van der Waals surface area contributed by atoms with Crippen LogP contribution in [0.5, 0.6) is 5.75 Å². The Balaban J connectivity index is 0.000000246. The lowest BCUT2D eigenvalue weighted by molar-refractivity contribution is -0.144. The molecule has 2 aliphatic heterocycles. The predicted molar refractivity (Wildman–Crippen MR) is 229 cm³/mol. The van der Waals surface area contributed by atoms with Crippen molar-refractivity contribution in [1.29, 1.82) is 0 Å². The number of aliphatic hydroxyl groups is 1. The Kier molecular flexibility index (Phi) is 14.3. The zero-order valence-corrected chi connectivity index (χ0v) is 36.0. The lowest BCUT2D eigenvalue weighted by Gasteiger charge is -2.35. The van der Waals surface area contributed by atoms with Crippen molar-refractivity contribution < 1.29 is 29.4 Å². The lowest BCUT2D eigenvalue weighted by atomic mass is 9.85. The Labute approximate surface area is 350 Å². The second-order valence-corrected chi connectivity index (χ2v) is 17.0. The van der Waals surface area contributed by atoms with Gasteiger partial charge in [0.2, 0.25) is 23.6 Å². The minimum absolute atomic E-state index is 0.0561. The summed E-state index contributed by atoms with van der Waals surface area (Å²) in [5.41, 5.74) is 13.5. The smallest absolute Gasteiger partial charge is 0.246 e. The largest absolute Gasteiger partial charge is 0.507 e. The maximum Gasteiger partial charge on any atom is 0.246 e. The molecule has 15 nitrogen and oxygen atoms in total. The molecule has 0 radical (unpaired) electrons. The van der Waals surface area contributed by atoms with Crippen molar-refractivity contribution in [3.05, 3.63) is 70.9 Å². The topological polar surface area (TPSA) is 207 Å². The van der Waals surface area contributed by atoms with Crippen LogP contribution in [0.25, 0.3) is 21.7 Å². The van der Waals surface area contributed by atoms with Crippen molar-refractivity contribution in [2.75, 3.05) is 43.4 Å². The molecule has 4 atom stereocenters. The van der Waals surface area contributed by atoms with Crippen LogP contribution in [0.1, 0.15) is 77.7 Å². The number of nitrogens with two attached hydrogens (primary N) is 1. The van der Waals surface area contributed by atoms with Gasteiger partial charge in [-0.1, -0.05) is 52.0 Å². The molecule has 0 aliphatic carbocycles. The summed E-state index contributed by atoms with van der Waals surface area (Å²) in [4.78, 5) is 60.8. The Morgan fingerprint density at radius 2 is 1.69 bits per heavy atom. The molecule has 0 saturated carbocycles. The van der Waals surface area contributed by atoms with Crippen LogP contribution in [0.4, 0.5) is 11.5 Å². The molecule has 2 aliphatic rings. The first-order valence-electron chi connectivity index (χ1n) is 19.9. The van der Waals surface area contributed by atoms with E-state index < -0.39 is 23.6 Å². The van der Waals surface area contributed by atoms with Crippen LogP contribution in [-0.2, 0) is 25.6 Å². The number of phenolic OH excluding ortho intramolecular Hbond substituents is 1. The number of nitrogens with one attached hydrogen (secondary N) is 2. The maximum atomic E-state index is 13.4. The van der Waals surface area contributed by atoms with Crippen LogP contribution >= 0.6 is 11.3 Å². The summed E-state index contributed by atoms with van der Waals surface area (Å²) in [6, 6.07) is 13.2. The number of phenols is 1. The van der Waals surface area contributed by atoms with Gasteiger partial charge in [0.15, 0.2) is 5.82 Å². The van der Waals surface area contributed by atoms with E-state index in [9.17, 15) is 29.4 Å². The minimum atomic E-state index is -0.808. The van der Waals surface area contributed by atoms with Crippen LogP contribution in [0.15, 0.2) is 54.0 Å². The number of nitrogens with zero attached hydrogens (tertiary/aromatic N) is 6. The first-order chi connectivity index (χ1) is 27.9. The quantitative estimate of drug-likeness (QED) is 0.159. The molecule has 2 aromatic carbocycles. The van der Waals surface area contributed by atoms with Crippen molar-refractivity contribution in [1.82, 2.24) is 35.6 Å². The summed E-state index contributed by atoms with van der Waals surface area (Å²) in [5, 5.41) is 34.2. The number of aromatic hydroxyl groups is 1. The summed E-state index contributed by atoms with van der Waals surface area (Å²) >= 11 is 1.61. The van der Waals surface area contributed by atoms with Crippen molar-refractivity contribution in [3.63, 3.8) is 0 Å². The molecule has 16 heteroatoms. The number of carbonyl (C=O) groups is 4. The third-order valence-corrected chi connectivity index (χ3v) is 11.7. The number of aryl methyl sites for hydroxylation is 2. The van der Waals surface area contributed by atoms with Gasteiger partial charge < -0.3 is 41.3 Å². The summed E-state index contributed by atoms with van der Waals surface area (Å²) in [5.74, 6) is -0.408. The molecular weight excluding hydrogens is 771 g/mol. The maximum absolute atomic E-state index is 13.4. The van der Waals surface area contributed by atoms with E-state index >= 15 is 0 Å². The molecule has 4 aromatic rings. The molecule has 4 amide bonds. The fraction of sp³-hybridized carbons (Fsp3) is 0.465. The first-order valence-corrected chi connectivity index (χ1v) is 20.8. The average molecular weight is 828 g/mol. The number of hydrogen-bond acceptors (Lipinski definition) is 12. The SMILES string of the molecule is CC(=O)N1CCN(c2cc(-c3ccccc3O)nnc2N)CC1.CCc1cc(-c2scnc2C)ccc1[C@H](C)NC(=O)[C@@H]1C[C@@H](O)CN1C(=O)[C@@H](NC(C)=O)C(C)(C)C. The van der Waals surface area contributed by atoms with E-state index in [4.69, 9.17) is 5.73 Å². The Morgan fingerprint density at radius 1 is 1.00 bits per heavy atom. The van der Waals surface area contributed by atoms with Gasteiger partial charge >= 0.3 is 0 Å². The highest BCUT2D eigenvalue weighted by Gasteiger charge is 2.44. The van der Waals surface area contributed by atoms with Crippen molar-refractivity contribution in [2.45, 2.75) is 92.5 Å². The molecule has 6 N–H and O–H groups in total. The van der Waals surface area contributed by atoms with Crippen molar-refractivity contribution >= 4 is 46.5 Å². The second-order valence-electron chi connectivity index (χ2n) is 16.2. The van der Waals surface area contributed by atoms with E-state index in [0.29, 0.717) is 43.3 Å². The zero-order valence-electron chi connectivity index (χ0n) is 35.2. The van der Waals surface area contributed by atoms with Gasteiger partial charge in [-0.3, -0.25) is 19.2 Å². The molecule has 0 spiro atoms. The van der Waals surface area contributed by atoms with E-state index in [1.54, 1.807) is 36.5 Å². The van der Waals surface area contributed by atoms with Crippen LogP contribution in [0, 0.1) is 12.3 Å². The minimum Gasteiger partial charge on any atom is -0.507 e. The molecule has 2 saturated heterocycles. The number of amides is 4. The summed E-state index contributed by atoms with van der Waals surface area (Å²) in [7, 11) is 0. The number of para-hydroxylation sites is 1. The summed E-state index contributed by atoms with van der Waals surface area (Å²) < 4.78 is 0. The number of nitrogen functional groups attached to an aromatic ring is 1. The third kappa shape index (κ3) is 10.7. The van der Waals surface area contributed by atoms with Crippen LogP contribution in [0.2, 0.25) is 0 Å². The number of aliphatic hydroxyl groups excluding tert-OH is 1. The fourth-order valence-electron chi connectivity index (χ4n) is 7.49. The van der Waals surface area contributed by atoms with Crippen LogP contribution < -0.4 is 21.3 Å². The molecule has 0 bridgehead atoms. The molecular formula is C43H57N9O6S. The van der Waals surface area contributed by atoms with Crippen LogP contribution in [0.3, 0.4) is 0 Å². The molecule has 2 fully saturated rings. The highest BCUT2D eigenvalue weighted by molar-refractivity contribution is 7.13. The number of likely N-dealkylation sites (tertiary alicyclic amines) is 1. The zero-order chi connectivity index (χ0) is 43.2. The molecule has 0 unspecified atom stereocenters. The molecule has 4 heterocycles. The summed E-state index contributed by atoms with van der Waals surface area (Å²) in [6.07, 6.45) is 0.162. The number of aromatic nitrogens is 3. The van der Waals surface area contributed by atoms with Gasteiger partial charge in [0, 0.05) is 58.6 Å². The van der Waals surface area contributed by atoms with Gasteiger partial charge in [0.25, 0.3) is 0 Å². The monoisotopic (exact) mass is 827 g/mol. The number of benzene rings is 2. The molecule has 316 valence electrons. The van der Waals surface area contributed by atoms with E-state index in [0.717, 1.165) is 39.4 Å². The van der Waals surface area contributed by atoms with E-state index in [-0.39, 0.29) is 48.4 Å². The Bertz CT molecular complexity index is 2150. The number of β-amino-alcohol motifs (C(OH)–C–C–N with tert-alkyl or cyclic N) is 1. The van der Waals surface area contributed by atoms with Crippen molar-refractivity contribution in [3.8, 4) is 27.4 Å². The molecule has 59 heavy (non-hydrogen) atoms. The standard InChI is InChI=1S/C27H38N4O4S.C16H19N5O2/c1-8-18-11-19(23-16(3)28-14-36-23)9-10-21(18)15(2)29-25(34)22-12-20(33)13-31(22)26(35)24(27(5,6)7)30-17(4)32;1-11(22)20-6-8-21(9-7-20)14-10-13(18-19-16(14)17)12-4-2-3-5-15(12)23/h9-11,14-15,20,22,24,33H,8,12-13H2,1-7H3,(H,29,34)(H,30,32);2-5,10,23H,6-9H2,1H3,(H2,17,19)/t15-,20+,22-,24+;/m0./s1. The van der Waals surface area contributed by atoms with Crippen LogP contribution in [-0.4, -0.2) is 110 Å². The number of anilines is 2. The van der Waals surface area contributed by atoms with E-state index in [2.05, 4.69) is 43.7 Å². The predicted octanol–water partition coefficient (Wildman–Crippen LogP) is 4.47. The molecule has 2 aromatic heterocycles. The van der Waals surface area contributed by atoms with Gasteiger partial charge in [0.1, 0.15) is 17.8 Å². The second kappa shape index (κ2) is 19.0.